The molecular formula is C16H21N3O. The SMILES string of the molecule is COc1ccc(C(NCc2nccn2C)C2CC2)cc1. The summed E-state index contributed by atoms with van der Waals surface area (Å²) in [6.45, 7) is 0.802. The maximum atomic E-state index is 5.23. The number of benzene rings is 1. The molecule has 1 aromatic carbocycles. The molecule has 1 atom stereocenters. The van der Waals surface area contributed by atoms with E-state index in [0.717, 1.165) is 24.0 Å². The summed E-state index contributed by atoms with van der Waals surface area (Å²) in [4.78, 5) is 4.37. The molecule has 0 bridgehead atoms. The Morgan fingerprint density at radius 1 is 1.35 bits per heavy atom. The predicted molar refractivity (Wildman–Crippen MR) is 78.5 cm³/mol. The van der Waals surface area contributed by atoms with E-state index < -0.39 is 0 Å². The second kappa shape index (κ2) is 5.67. The van der Waals surface area contributed by atoms with E-state index in [2.05, 4.69) is 27.0 Å². The number of hydrogen-bond donors (Lipinski definition) is 1. The summed E-state index contributed by atoms with van der Waals surface area (Å²) < 4.78 is 7.29. The minimum atomic E-state index is 0.414. The molecule has 1 N–H and O–H groups in total. The first-order chi connectivity index (χ1) is 9.78. The molecule has 1 heterocycles. The van der Waals surface area contributed by atoms with E-state index in [9.17, 15) is 0 Å². The van der Waals surface area contributed by atoms with Gasteiger partial charge in [-0.15, -0.1) is 0 Å². The predicted octanol–water partition coefficient (Wildman–Crippen LogP) is 2.67. The van der Waals surface area contributed by atoms with Gasteiger partial charge in [0.2, 0.25) is 0 Å². The molecule has 1 unspecified atom stereocenters. The van der Waals surface area contributed by atoms with E-state index in [1.165, 1.54) is 18.4 Å². The monoisotopic (exact) mass is 271 g/mol. The average molecular weight is 271 g/mol. The molecule has 0 saturated heterocycles. The maximum absolute atomic E-state index is 5.23. The molecule has 1 aliphatic carbocycles. The van der Waals surface area contributed by atoms with Gasteiger partial charge in [-0.3, -0.25) is 0 Å². The summed E-state index contributed by atoms with van der Waals surface area (Å²) in [7, 11) is 3.73. The van der Waals surface area contributed by atoms with E-state index in [1.807, 2.05) is 31.6 Å². The lowest BCUT2D eigenvalue weighted by Crippen LogP contribution is -2.24. The van der Waals surface area contributed by atoms with Crippen molar-refractivity contribution in [2.45, 2.75) is 25.4 Å². The van der Waals surface area contributed by atoms with Crippen molar-refractivity contribution in [2.75, 3.05) is 7.11 Å². The van der Waals surface area contributed by atoms with Crippen molar-refractivity contribution >= 4 is 0 Å². The van der Waals surface area contributed by atoms with Gasteiger partial charge in [0.05, 0.1) is 13.7 Å². The summed E-state index contributed by atoms with van der Waals surface area (Å²) in [5.41, 5.74) is 1.34. The molecule has 1 fully saturated rings. The molecule has 0 radical (unpaired) electrons. The van der Waals surface area contributed by atoms with Gasteiger partial charge in [0.25, 0.3) is 0 Å². The van der Waals surface area contributed by atoms with Gasteiger partial charge in [-0.1, -0.05) is 12.1 Å². The van der Waals surface area contributed by atoms with Crippen molar-refractivity contribution in [3.05, 3.63) is 48.0 Å². The van der Waals surface area contributed by atoms with Gasteiger partial charge in [0.1, 0.15) is 11.6 Å². The lowest BCUT2D eigenvalue weighted by Gasteiger charge is -2.19. The van der Waals surface area contributed by atoms with E-state index >= 15 is 0 Å². The number of ether oxygens (including phenoxy) is 1. The molecule has 4 heteroatoms. The topological polar surface area (TPSA) is 39.1 Å². The fraction of sp³-hybridized carbons (Fsp3) is 0.438. The van der Waals surface area contributed by atoms with Crippen LogP contribution in [0.3, 0.4) is 0 Å². The number of nitrogens with one attached hydrogen (secondary N) is 1. The maximum Gasteiger partial charge on any atom is 0.122 e. The molecule has 0 amide bonds. The molecule has 0 spiro atoms. The first kappa shape index (κ1) is 13.2. The third kappa shape index (κ3) is 2.85. The van der Waals surface area contributed by atoms with Crippen LogP contribution in [0.5, 0.6) is 5.75 Å². The van der Waals surface area contributed by atoms with Crippen LogP contribution in [-0.2, 0) is 13.6 Å². The normalized spacial score (nSPS) is 16.1. The van der Waals surface area contributed by atoms with Crippen LogP contribution >= 0.6 is 0 Å². The summed E-state index contributed by atoms with van der Waals surface area (Å²) >= 11 is 0. The highest BCUT2D eigenvalue weighted by Crippen LogP contribution is 2.41. The number of aromatic nitrogens is 2. The third-order valence-electron chi connectivity index (χ3n) is 3.97. The van der Waals surface area contributed by atoms with E-state index in [0.29, 0.717) is 6.04 Å². The van der Waals surface area contributed by atoms with Crippen LogP contribution in [0.4, 0.5) is 0 Å². The van der Waals surface area contributed by atoms with Crippen molar-refractivity contribution in [3.8, 4) is 5.75 Å². The molecule has 4 nitrogen and oxygen atoms in total. The largest absolute Gasteiger partial charge is 0.497 e. The van der Waals surface area contributed by atoms with Crippen LogP contribution in [0.25, 0.3) is 0 Å². The molecule has 20 heavy (non-hydrogen) atoms. The fourth-order valence-electron chi connectivity index (χ4n) is 2.57. The molecule has 1 aliphatic rings. The van der Waals surface area contributed by atoms with Gasteiger partial charge < -0.3 is 14.6 Å². The van der Waals surface area contributed by atoms with Crippen molar-refractivity contribution in [3.63, 3.8) is 0 Å². The Hall–Kier alpha value is -1.81. The second-order valence-electron chi connectivity index (χ2n) is 5.42. The number of methoxy groups -OCH3 is 1. The van der Waals surface area contributed by atoms with Gasteiger partial charge in [0.15, 0.2) is 0 Å². The minimum Gasteiger partial charge on any atom is -0.497 e. The number of aryl methyl sites for hydroxylation is 1. The number of nitrogens with zero attached hydrogens (tertiary/aromatic N) is 2. The first-order valence-electron chi connectivity index (χ1n) is 7.11. The van der Waals surface area contributed by atoms with E-state index in [1.54, 1.807) is 7.11 Å². The number of hydrogen-bond acceptors (Lipinski definition) is 3. The highest BCUT2D eigenvalue weighted by Gasteiger charge is 2.32. The lowest BCUT2D eigenvalue weighted by molar-refractivity contribution is 0.413. The highest BCUT2D eigenvalue weighted by molar-refractivity contribution is 5.30. The highest BCUT2D eigenvalue weighted by atomic mass is 16.5. The molecule has 0 aliphatic heterocycles. The van der Waals surface area contributed by atoms with Gasteiger partial charge in [0, 0.05) is 25.5 Å². The first-order valence-corrected chi connectivity index (χ1v) is 7.11. The zero-order chi connectivity index (χ0) is 13.9. The summed E-state index contributed by atoms with van der Waals surface area (Å²) in [5.74, 6) is 2.74. The van der Waals surface area contributed by atoms with Gasteiger partial charge in [-0.25, -0.2) is 4.98 Å². The van der Waals surface area contributed by atoms with E-state index in [-0.39, 0.29) is 0 Å². The Bertz CT molecular complexity index is 557. The van der Waals surface area contributed by atoms with E-state index in [4.69, 9.17) is 4.74 Å². The fourth-order valence-corrected chi connectivity index (χ4v) is 2.57. The quantitative estimate of drug-likeness (QED) is 0.878. The molecule has 106 valence electrons. The molecule has 2 aromatic rings. The van der Waals surface area contributed by atoms with Crippen molar-refractivity contribution in [1.29, 1.82) is 0 Å². The molecule has 1 saturated carbocycles. The lowest BCUT2D eigenvalue weighted by atomic mass is 10.0. The zero-order valence-electron chi connectivity index (χ0n) is 12.0. The van der Waals surface area contributed by atoms with Crippen molar-refractivity contribution in [1.82, 2.24) is 14.9 Å². The van der Waals surface area contributed by atoms with Crippen LogP contribution < -0.4 is 10.1 Å². The Morgan fingerprint density at radius 2 is 2.10 bits per heavy atom. The Morgan fingerprint density at radius 3 is 2.65 bits per heavy atom. The summed E-state index contributed by atoms with van der Waals surface area (Å²) in [6, 6.07) is 8.80. The molecular weight excluding hydrogens is 250 g/mol. The van der Waals surface area contributed by atoms with Crippen LogP contribution in [0.15, 0.2) is 36.7 Å². The van der Waals surface area contributed by atoms with Crippen LogP contribution in [0.1, 0.15) is 30.3 Å². The number of rotatable bonds is 6. The smallest absolute Gasteiger partial charge is 0.122 e. The molecule has 1 aromatic heterocycles. The van der Waals surface area contributed by atoms with Crippen LogP contribution in [-0.4, -0.2) is 16.7 Å². The van der Waals surface area contributed by atoms with Crippen molar-refractivity contribution in [2.24, 2.45) is 13.0 Å². The molecule has 3 rings (SSSR count). The van der Waals surface area contributed by atoms with Crippen molar-refractivity contribution < 1.29 is 4.74 Å². The Kier molecular flexibility index (Phi) is 3.74. The Balaban J connectivity index is 1.70. The Labute approximate surface area is 119 Å². The summed E-state index contributed by atoms with van der Waals surface area (Å²) in [6.07, 6.45) is 6.45. The summed E-state index contributed by atoms with van der Waals surface area (Å²) in [5, 5.41) is 3.65. The van der Waals surface area contributed by atoms with Crippen LogP contribution in [0, 0.1) is 5.92 Å². The minimum absolute atomic E-state index is 0.414. The second-order valence-corrected chi connectivity index (χ2v) is 5.42. The standard InChI is InChI=1S/C16H21N3O/c1-19-10-9-17-15(19)11-18-16(12-3-4-12)13-5-7-14(20-2)8-6-13/h5-10,12,16,18H,3-4,11H2,1-2H3. The van der Waals surface area contributed by atoms with Crippen LogP contribution in [0.2, 0.25) is 0 Å². The van der Waals surface area contributed by atoms with Gasteiger partial charge in [-0.05, 0) is 36.5 Å². The average Bonchev–Trinajstić information content (AvgIpc) is 3.23. The number of imidazole rings is 1. The van der Waals surface area contributed by atoms with Gasteiger partial charge >= 0.3 is 0 Å². The van der Waals surface area contributed by atoms with Gasteiger partial charge in [-0.2, -0.15) is 0 Å². The third-order valence-corrected chi connectivity index (χ3v) is 3.97. The zero-order valence-corrected chi connectivity index (χ0v) is 12.0.